The fourth-order valence-electron chi connectivity index (χ4n) is 2.85. The van der Waals surface area contributed by atoms with Gasteiger partial charge in [0.1, 0.15) is 5.75 Å². The molecule has 0 saturated carbocycles. The van der Waals surface area contributed by atoms with E-state index in [-0.39, 0.29) is 28.8 Å². The van der Waals surface area contributed by atoms with Gasteiger partial charge in [0.15, 0.2) is 0 Å². The van der Waals surface area contributed by atoms with Crippen molar-refractivity contribution in [3.8, 4) is 5.75 Å². The first-order valence-corrected chi connectivity index (χ1v) is 8.01. The lowest BCUT2D eigenvalue weighted by Gasteiger charge is -2.22. The Labute approximate surface area is 132 Å². The van der Waals surface area contributed by atoms with E-state index in [0.29, 0.717) is 30.8 Å². The number of rotatable bonds is 3. The summed E-state index contributed by atoms with van der Waals surface area (Å²) in [5.74, 6) is 0.439. The Kier molecular flexibility index (Phi) is 4.06. The van der Waals surface area contributed by atoms with Gasteiger partial charge in [-0.2, -0.15) is 0 Å². The number of likely N-dealkylation sites (tertiary alicyclic amines) is 1. The number of hydrogen-bond acceptors (Lipinski definition) is 5. The second-order valence-electron chi connectivity index (χ2n) is 5.21. The van der Waals surface area contributed by atoms with Crippen molar-refractivity contribution in [1.82, 2.24) is 9.80 Å². The molecule has 1 aromatic carbocycles. The number of nitrogens with zero attached hydrogens (tertiary/aromatic N) is 2. The van der Waals surface area contributed by atoms with Gasteiger partial charge in [0.25, 0.3) is 11.1 Å². The minimum absolute atomic E-state index is 0.133. The van der Waals surface area contributed by atoms with Crippen LogP contribution in [0.1, 0.15) is 16.8 Å². The lowest BCUT2D eigenvalue weighted by atomic mass is 10.2. The van der Waals surface area contributed by atoms with Crippen LogP contribution >= 0.6 is 11.8 Å². The molecule has 2 saturated heterocycles. The summed E-state index contributed by atoms with van der Waals surface area (Å²) in [6, 6.07) is 6.84. The minimum atomic E-state index is -0.214. The minimum Gasteiger partial charge on any atom is -0.496 e. The van der Waals surface area contributed by atoms with Crippen molar-refractivity contribution in [1.29, 1.82) is 0 Å². The molecule has 1 aromatic rings. The summed E-state index contributed by atoms with van der Waals surface area (Å²) in [6.45, 7) is 0.915. The molecular formula is C15H16N2O4S. The van der Waals surface area contributed by atoms with Crippen molar-refractivity contribution in [2.24, 2.45) is 0 Å². The van der Waals surface area contributed by atoms with Crippen LogP contribution in [0.15, 0.2) is 24.3 Å². The molecule has 22 heavy (non-hydrogen) atoms. The average Bonchev–Trinajstić information content (AvgIpc) is 3.13. The van der Waals surface area contributed by atoms with E-state index in [2.05, 4.69) is 0 Å². The number of amides is 3. The van der Waals surface area contributed by atoms with Gasteiger partial charge in [-0.1, -0.05) is 23.9 Å². The highest BCUT2D eigenvalue weighted by Gasteiger charge is 2.40. The van der Waals surface area contributed by atoms with E-state index in [1.165, 1.54) is 12.0 Å². The van der Waals surface area contributed by atoms with Crippen LogP contribution < -0.4 is 4.74 Å². The number of benzene rings is 1. The normalized spacial score (nSPS) is 21.6. The van der Waals surface area contributed by atoms with Crippen LogP contribution in [0.5, 0.6) is 5.75 Å². The summed E-state index contributed by atoms with van der Waals surface area (Å²) in [6.07, 6.45) is 0.624. The van der Waals surface area contributed by atoms with Crippen molar-refractivity contribution < 1.29 is 19.1 Å². The fraction of sp³-hybridized carbons (Fsp3) is 0.400. The monoisotopic (exact) mass is 320 g/mol. The average molecular weight is 320 g/mol. The lowest BCUT2D eigenvalue weighted by molar-refractivity contribution is -0.126. The smallest absolute Gasteiger partial charge is 0.289 e. The highest BCUT2D eigenvalue weighted by atomic mass is 32.2. The molecule has 3 amide bonds. The van der Waals surface area contributed by atoms with Crippen LogP contribution in [-0.4, -0.2) is 58.8 Å². The molecule has 116 valence electrons. The summed E-state index contributed by atoms with van der Waals surface area (Å²) in [7, 11) is 1.53. The van der Waals surface area contributed by atoms with Crippen molar-refractivity contribution >= 4 is 28.8 Å². The Bertz CT molecular complexity index is 618. The number of thioether (sulfide) groups is 1. The number of imide groups is 1. The Morgan fingerprint density at radius 2 is 2.09 bits per heavy atom. The van der Waals surface area contributed by atoms with Crippen molar-refractivity contribution in [3.63, 3.8) is 0 Å². The Hall–Kier alpha value is -2.02. The number of para-hydroxylation sites is 1. The number of carbonyl (C=O) groups excluding carboxylic acids is 3. The lowest BCUT2D eigenvalue weighted by Crippen LogP contribution is -2.41. The van der Waals surface area contributed by atoms with Crippen LogP contribution in [0.2, 0.25) is 0 Å². The highest BCUT2D eigenvalue weighted by Crippen LogP contribution is 2.28. The number of carbonyl (C=O) groups is 3. The maximum Gasteiger partial charge on any atom is 0.289 e. The Balaban J connectivity index is 1.74. The zero-order valence-corrected chi connectivity index (χ0v) is 13.0. The third-order valence-corrected chi connectivity index (χ3v) is 4.77. The van der Waals surface area contributed by atoms with E-state index in [1.807, 2.05) is 0 Å². The second-order valence-corrected chi connectivity index (χ2v) is 6.14. The number of methoxy groups -OCH3 is 1. The van der Waals surface area contributed by atoms with Gasteiger partial charge in [-0.05, 0) is 18.6 Å². The Morgan fingerprint density at radius 3 is 2.77 bits per heavy atom. The van der Waals surface area contributed by atoms with Crippen LogP contribution in [0.4, 0.5) is 4.79 Å². The molecule has 0 bridgehead atoms. The Morgan fingerprint density at radius 1 is 1.32 bits per heavy atom. The number of hydrogen-bond donors (Lipinski definition) is 0. The first kappa shape index (κ1) is 14.9. The topological polar surface area (TPSA) is 66.9 Å². The molecular weight excluding hydrogens is 304 g/mol. The van der Waals surface area contributed by atoms with Gasteiger partial charge in [-0.15, -0.1) is 0 Å². The number of ether oxygens (including phenoxy) is 1. The van der Waals surface area contributed by atoms with Crippen LogP contribution in [-0.2, 0) is 4.79 Å². The summed E-state index contributed by atoms with van der Waals surface area (Å²) < 4.78 is 5.22. The van der Waals surface area contributed by atoms with Crippen molar-refractivity contribution in [2.45, 2.75) is 12.5 Å². The molecule has 2 aliphatic rings. The highest BCUT2D eigenvalue weighted by molar-refractivity contribution is 8.14. The van der Waals surface area contributed by atoms with E-state index in [9.17, 15) is 14.4 Å². The van der Waals surface area contributed by atoms with Gasteiger partial charge in [0, 0.05) is 13.1 Å². The zero-order valence-electron chi connectivity index (χ0n) is 12.2. The summed E-state index contributed by atoms with van der Waals surface area (Å²) in [5, 5.41) is -0.207. The van der Waals surface area contributed by atoms with E-state index in [4.69, 9.17) is 4.74 Å². The predicted octanol–water partition coefficient (Wildman–Crippen LogP) is 1.61. The zero-order chi connectivity index (χ0) is 15.7. The largest absolute Gasteiger partial charge is 0.496 e. The van der Waals surface area contributed by atoms with Gasteiger partial charge >= 0.3 is 0 Å². The van der Waals surface area contributed by atoms with Gasteiger partial charge in [0.2, 0.25) is 5.91 Å². The molecule has 3 rings (SSSR count). The molecule has 2 fully saturated rings. The molecule has 7 heteroatoms. The third kappa shape index (κ3) is 2.56. The molecule has 0 N–H and O–H groups in total. The first-order valence-electron chi connectivity index (χ1n) is 7.03. The molecule has 2 aliphatic heterocycles. The second kappa shape index (κ2) is 6.00. The molecule has 0 aromatic heterocycles. The first-order chi connectivity index (χ1) is 10.6. The van der Waals surface area contributed by atoms with Crippen LogP contribution in [0.25, 0.3) is 0 Å². The van der Waals surface area contributed by atoms with Gasteiger partial charge in [-0.3, -0.25) is 19.3 Å². The standard InChI is InChI=1S/C15H16N2O4S/c1-21-12-5-3-2-4-11(12)14(19)16-7-6-10(8-16)17-13(18)9-22-15(17)20/h2-5,10H,6-9H2,1H3. The SMILES string of the molecule is COc1ccccc1C(=O)N1CCC(N2C(=O)CSC2=O)C1. The maximum atomic E-state index is 12.6. The van der Waals surface area contributed by atoms with Gasteiger partial charge < -0.3 is 9.64 Å². The quantitative estimate of drug-likeness (QED) is 0.846. The molecule has 1 unspecified atom stereocenters. The predicted molar refractivity (Wildman–Crippen MR) is 82.0 cm³/mol. The van der Waals surface area contributed by atoms with Crippen molar-refractivity contribution in [3.05, 3.63) is 29.8 Å². The van der Waals surface area contributed by atoms with Crippen LogP contribution in [0.3, 0.4) is 0 Å². The van der Waals surface area contributed by atoms with Crippen LogP contribution in [0, 0.1) is 0 Å². The van der Waals surface area contributed by atoms with Gasteiger partial charge in [0.05, 0.1) is 24.5 Å². The van der Waals surface area contributed by atoms with E-state index >= 15 is 0 Å². The summed E-state index contributed by atoms with van der Waals surface area (Å²) in [5.41, 5.74) is 0.499. The van der Waals surface area contributed by atoms with E-state index in [0.717, 1.165) is 11.8 Å². The van der Waals surface area contributed by atoms with Gasteiger partial charge in [-0.25, -0.2) is 0 Å². The maximum absolute atomic E-state index is 12.6. The summed E-state index contributed by atoms with van der Waals surface area (Å²) in [4.78, 5) is 39.1. The fourth-order valence-corrected chi connectivity index (χ4v) is 3.62. The van der Waals surface area contributed by atoms with E-state index < -0.39 is 0 Å². The van der Waals surface area contributed by atoms with Crippen molar-refractivity contribution in [2.75, 3.05) is 26.0 Å². The molecule has 0 aliphatic carbocycles. The molecule has 2 heterocycles. The third-order valence-electron chi connectivity index (χ3n) is 3.94. The molecule has 6 nitrogen and oxygen atoms in total. The van der Waals surface area contributed by atoms with E-state index in [1.54, 1.807) is 29.2 Å². The summed E-state index contributed by atoms with van der Waals surface area (Å²) >= 11 is 1.03. The molecule has 1 atom stereocenters. The molecule has 0 radical (unpaired) electrons. The molecule has 0 spiro atoms.